The summed E-state index contributed by atoms with van der Waals surface area (Å²) in [6.07, 6.45) is -0.106. The number of hydrogen-bond acceptors (Lipinski definition) is 10. The summed E-state index contributed by atoms with van der Waals surface area (Å²) in [6.45, 7) is 2.19. The lowest BCUT2D eigenvalue weighted by Crippen LogP contribution is -2.22. The van der Waals surface area contributed by atoms with Gasteiger partial charge >= 0.3 is 5.97 Å². The molecular formula is C27H22O10. The van der Waals surface area contributed by atoms with Crippen LogP contribution >= 0.6 is 0 Å². The SMILES string of the molecule is CCOc1cc([C@H]2CC(=O)Oc3cc(O)c4c(=O)c(O)c(-c5ccc(O)c(O)c5)oc4c32)ccc1OC. The van der Waals surface area contributed by atoms with E-state index in [-0.39, 0.29) is 34.5 Å². The summed E-state index contributed by atoms with van der Waals surface area (Å²) >= 11 is 0. The standard InChI is InChI=1S/C27H22O10/c1-3-35-19-9-12(5-7-18(19)34-2)14-10-21(31)36-20-11-17(30)23-24(32)25(33)26(37-27(23)22(14)20)13-4-6-15(28)16(29)8-13/h4-9,11,14,28-30,33H,3,10H2,1-2H3/t14-/m1/s1. The molecule has 0 spiro atoms. The molecule has 0 aliphatic carbocycles. The molecule has 0 bridgehead atoms. The van der Waals surface area contributed by atoms with Gasteiger partial charge in [0.05, 0.1) is 20.1 Å². The fraction of sp³-hybridized carbons (Fsp3) is 0.185. The van der Waals surface area contributed by atoms with Gasteiger partial charge in [-0.2, -0.15) is 0 Å². The van der Waals surface area contributed by atoms with Gasteiger partial charge in [0.15, 0.2) is 28.8 Å². The number of ether oxygens (including phenoxy) is 3. The quantitative estimate of drug-likeness (QED) is 0.176. The van der Waals surface area contributed by atoms with Crippen LogP contribution in [0.25, 0.3) is 22.3 Å². The maximum Gasteiger partial charge on any atom is 0.312 e. The van der Waals surface area contributed by atoms with Crippen LogP contribution in [0.2, 0.25) is 0 Å². The Bertz CT molecular complexity index is 1620. The molecule has 5 rings (SSSR count). The highest BCUT2D eigenvalue weighted by Crippen LogP contribution is 2.48. The van der Waals surface area contributed by atoms with E-state index in [1.165, 1.54) is 19.2 Å². The Hall–Kier alpha value is -4.86. The molecule has 0 unspecified atom stereocenters. The summed E-state index contributed by atoms with van der Waals surface area (Å²) in [5.41, 5.74) is 0.00234. The lowest BCUT2D eigenvalue weighted by molar-refractivity contribution is -0.135. The second-order valence-corrected chi connectivity index (χ2v) is 8.40. The molecule has 3 aromatic carbocycles. The van der Waals surface area contributed by atoms with Gasteiger partial charge in [-0.1, -0.05) is 6.07 Å². The molecule has 0 saturated heterocycles. The van der Waals surface area contributed by atoms with Crippen molar-refractivity contribution in [1.82, 2.24) is 0 Å². The molecule has 4 aromatic rings. The monoisotopic (exact) mass is 506 g/mol. The minimum absolute atomic E-state index is 0.00614. The zero-order valence-corrected chi connectivity index (χ0v) is 19.8. The summed E-state index contributed by atoms with van der Waals surface area (Å²) in [7, 11) is 1.50. The minimum atomic E-state index is -0.926. The molecule has 10 heteroatoms. The van der Waals surface area contributed by atoms with Gasteiger partial charge in [-0.05, 0) is 42.8 Å². The van der Waals surface area contributed by atoms with Gasteiger partial charge in [-0.3, -0.25) is 9.59 Å². The van der Waals surface area contributed by atoms with Crippen LogP contribution in [0.15, 0.2) is 51.7 Å². The number of carbonyl (C=O) groups excluding carboxylic acids is 1. The van der Waals surface area contributed by atoms with Crippen molar-refractivity contribution in [1.29, 1.82) is 0 Å². The molecule has 1 atom stereocenters. The Kier molecular flexibility index (Phi) is 5.79. The molecule has 10 nitrogen and oxygen atoms in total. The average molecular weight is 506 g/mol. The van der Waals surface area contributed by atoms with Gasteiger partial charge in [0.1, 0.15) is 22.5 Å². The van der Waals surface area contributed by atoms with Crippen molar-refractivity contribution in [2.45, 2.75) is 19.3 Å². The van der Waals surface area contributed by atoms with E-state index in [0.29, 0.717) is 29.2 Å². The van der Waals surface area contributed by atoms with Gasteiger partial charge in [0.2, 0.25) is 11.2 Å². The van der Waals surface area contributed by atoms with Crippen LogP contribution in [0.5, 0.6) is 40.2 Å². The van der Waals surface area contributed by atoms with Crippen LogP contribution < -0.4 is 19.6 Å². The van der Waals surface area contributed by atoms with E-state index in [1.807, 2.05) is 6.92 Å². The van der Waals surface area contributed by atoms with E-state index in [1.54, 1.807) is 18.2 Å². The Morgan fingerprint density at radius 2 is 1.73 bits per heavy atom. The fourth-order valence-electron chi connectivity index (χ4n) is 4.50. The smallest absolute Gasteiger partial charge is 0.312 e. The van der Waals surface area contributed by atoms with Crippen molar-refractivity contribution in [3.63, 3.8) is 0 Å². The van der Waals surface area contributed by atoms with E-state index in [4.69, 9.17) is 18.6 Å². The molecule has 2 heterocycles. The van der Waals surface area contributed by atoms with Crippen LogP contribution in [-0.2, 0) is 4.79 Å². The molecule has 0 radical (unpaired) electrons. The van der Waals surface area contributed by atoms with E-state index >= 15 is 0 Å². The highest BCUT2D eigenvalue weighted by Gasteiger charge is 2.35. The first-order valence-corrected chi connectivity index (χ1v) is 11.3. The van der Waals surface area contributed by atoms with E-state index in [0.717, 1.165) is 12.1 Å². The Morgan fingerprint density at radius 1 is 0.946 bits per heavy atom. The molecule has 1 aliphatic heterocycles. The number of phenols is 3. The van der Waals surface area contributed by atoms with Crippen LogP contribution in [0.4, 0.5) is 0 Å². The molecule has 0 amide bonds. The number of fused-ring (bicyclic) bond motifs is 3. The van der Waals surface area contributed by atoms with Crippen LogP contribution in [0.3, 0.4) is 0 Å². The van der Waals surface area contributed by atoms with Crippen molar-refractivity contribution in [2.75, 3.05) is 13.7 Å². The number of aromatic hydroxyl groups is 4. The summed E-state index contributed by atoms with van der Waals surface area (Å²) < 4.78 is 22.4. The molecule has 4 N–H and O–H groups in total. The molecule has 0 saturated carbocycles. The van der Waals surface area contributed by atoms with Crippen molar-refractivity contribution in [3.8, 4) is 51.6 Å². The highest BCUT2D eigenvalue weighted by atomic mass is 16.5. The summed E-state index contributed by atoms with van der Waals surface area (Å²) in [5, 5.41) is 40.6. The minimum Gasteiger partial charge on any atom is -0.507 e. The second-order valence-electron chi connectivity index (χ2n) is 8.40. The third-order valence-corrected chi connectivity index (χ3v) is 6.19. The van der Waals surface area contributed by atoms with Crippen molar-refractivity contribution in [2.24, 2.45) is 0 Å². The van der Waals surface area contributed by atoms with Crippen LogP contribution in [0, 0.1) is 0 Å². The molecule has 0 fully saturated rings. The van der Waals surface area contributed by atoms with Gasteiger partial charge < -0.3 is 39.1 Å². The van der Waals surface area contributed by atoms with Crippen molar-refractivity contribution < 1.29 is 43.8 Å². The number of rotatable bonds is 5. The highest BCUT2D eigenvalue weighted by molar-refractivity contribution is 5.94. The van der Waals surface area contributed by atoms with Gasteiger partial charge in [0, 0.05) is 23.1 Å². The van der Waals surface area contributed by atoms with Crippen LogP contribution in [-0.4, -0.2) is 40.1 Å². The Balaban J connectivity index is 1.81. The predicted octanol–water partition coefficient (Wildman–Crippen LogP) is 4.13. The Morgan fingerprint density at radius 3 is 2.43 bits per heavy atom. The second kappa shape index (κ2) is 8.98. The summed E-state index contributed by atoms with van der Waals surface area (Å²) in [6, 6.07) is 9.90. The zero-order chi connectivity index (χ0) is 26.4. The fourth-order valence-corrected chi connectivity index (χ4v) is 4.50. The third-order valence-electron chi connectivity index (χ3n) is 6.19. The number of hydrogen-bond donors (Lipinski definition) is 4. The maximum atomic E-state index is 13.2. The predicted molar refractivity (Wildman–Crippen MR) is 131 cm³/mol. The van der Waals surface area contributed by atoms with Gasteiger partial charge in [-0.25, -0.2) is 0 Å². The van der Waals surface area contributed by atoms with Gasteiger partial charge in [-0.15, -0.1) is 0 Å². The zero-order valence-electron chi connectivity index (χ0n) is 19.8. The molecular weight excluding hydrogens is 484 g/mol. The first-order valence-electron chi connectivity index (χ1n) is 11.3. The largest absolute Gasteiger partial charge is 0.507 e. The summed E-state index contributed by atoms with van der Waals surface area (Å²) in [5.74, 6) is -2.85. The Labute approximate surface area is 209 Å². The molecule has 1 aliphatic rings. The first-order chi connectivity index (χ1) is 17.7. The normalized spacial score (nSPS) is 14.8. The van der Waals surface area contributed by atoms with Crippen molar-refractivity contribution in [3.05, 3.63) is 63.8 Å². The third kappa shape index (κ3) is 3.92. The van der Waals surface area contributed by atoms with Gasteiger partial charge in [0.25, 0.3) is 0 Å². The topological polar surface area (TPSA) is 156 Å². The molecule has 1 aromatic heterocycles. The van der Waals surface area contributed by atoms with E-state index in [9.17, 15) is 30.0 Å². The number of phenolic OH excluding ortho intramolecular Hbond substituents is 3. The first kappa shape index (κ1) is 23.9. The lowest BCUT2D eigenvalue weighted by Gasteiger charge is -2.26. The van der Waals surface area contributed by atoms with Crippen molar-refractivity contribution >= 4 is 16.9 Å². The number of benzene rings is 3. The average Bonchev–Trinajstić information content (AvgIpc) is 2.87. The lowest BCUT2D eigenvalue weighted by atomic mass is 9.85. The molecule has 37 heavy (non-hydrogen) atoms. The number of esters is 1. The molecule has 190 valence electrons. The van der Waals surface area contributed by atoms with E-state index in [2.05, 4.69) is 0 Å². The van der Waals surface area contributed by atoms with E-state index < -0.39 is 40.3 Å². The summed E-state index contributed by atoms with van der Waals surface area (Å²) in [4.78, 5) is 25.7. The number of carbonyl (C=O) groups is 1. The number of methoxy groups -OCH3 is 1. The van der Waals surface area contributed by atoms with Crippen LogP contribution in [0.1, 0.15) is 30.4 Å². The maximum absolute atomic E-state index is 13.2.